The number of fused-ring (bicyclic) bond motifs is 5. The van der Waals surface area contributed by atoms with Gasteiger partial charge in [0.15, 0.2) is 5.60 Å². The predicted octanol–water partition coefficient (Wildman–Crippen LogP) is 1.06. The Balaban J connectivity index is 1.02. The number of halogens is 1. The Labute approximate surface area is 373 Å². The zero-order valence-corrected chi connectivity index (χ0v) is 36.4. The number of cyclic esters (lactones) is 1. The van der Waals surface area contributed by atoms with Crippen molar-refractivity contribution in [3.05, 3.63) is 97.6 Å². The number of hydrogen-bond acceptors (Lipinski definition) is 12. The standard InChI is InChI=1S/C46H53FN8O10/c1-24(2)8-7-13-46(63)30-15-35-42-28(20-55(35)44(61)29(30)21-65-45(46)62)41-32(12-11-27-25(3)31(47)16-33(54-42)40(27)41)52-39(59)22-64-23-51-37(57)18-50-43(60)34(14-26-9-5-4-6-10-26)53-38(58)19-49-36(56)17-48/h4-6,9-10,15-16,24,32,34,63H,7-8,11-14,17-23,48H2,1-3H3,(H,49,56)(H,50,60)(H,51,57)(H,52,59)(H,53,58)/t32?,34-,46-/m1/s1. The minimum absolute atomic E-state index is 0.0598. The molecule has 2 aromatic carbocycles. The number of rotatable bonds is 18. The highest BCUT2D eigenvalue weighted by Crippen LogP contribution is 2.46. The Hall–Kier alpha value is -6.57. The van der Waals surface area contributed by atoms with Crippen LogP contribution in [0.4, 0.5) is 4.39 Å². The van der Waals surface area contributed by atoms with Crippen molar-refractivity contribution < 1.29 is 47.7 Å². The summed E-state index contributed by atoms with van der Waals surface area (Å²) in [6.45, 7) is 3.51. The molecule has 19 heteroatoms. The van der Waals surface area contributed by atoms with Crippen molar-refractivity contribution in [2.45, 2.75) is 90.1 Å². The highest BCUT2D eigenvalue weighted by atomic mass is 19.1. The number of aryl methyl sites for hydroxylation is 1. The number of carbonyl (C=O) groups is 6. The molecule has 1 aliphatic carbocycles. The highest BCUT2D eigenvalue weighted by Gasteiger charge is 2.47. The van der Waals surface area contributed by atoms with Crippen LogP contribution in [-0.2, 0) is 69.8 Å². The van der Waals surface area contributed by atoms with Crippen LogP contribution in [0, 0.1) is 18.7 Å². The molecule has 3 atom stereocenters. The molecule has 3 aliphatic rings. The van der Waals surface area contributed by atoms with E-state index in [0.29, 0.717) is 64.2 Å². The third kappa shape index (κ3) is 9.91. The van der Waals surface area contributed by atoms with Crippen LogP contribution in [0.15, 0.2) is 47.3 Å². The molecule has 1 unspecified atom stereocenters. The van der Waals surface area contributed by atoms with Crippen molar-refractivity contribution in [2.24, 2.45) is 11.7 Å². The largest absolute Gasteiger partial charge is 0.458 e. The number of esters is 1. The molecule has 0 spiro atoms. The molecule has 18 nitrogen and oxygen atoms in total. The summed E-state index contributed by atoms with van der Waals surface area (Å²) in [5.74, 6) is -3.94. The highest BCUT2D eigenvalue weighted by molar-refractivity contribution is 5.95. The van der Waals surface area contributed by atoms with Crippen LogP contribution in [-0.4, -0.2) is 89.2 Å². The van der Waals surface area contributed by atoms with E-state index in [1.165, 1.54) is 10.6 Å². The summed E-state index contributed by atoms with van der Waals surface area (Å²) in [4.78, 5) is 95.4. The number of aliphatic hydroxyl groups is 1. The van der Waals surface area contributed by atoms with Gasteiger partial charge in [0.2, 0.25) is 29.5 Å². The van der Waals surface area contributed by atoms with Gasteiger partial charge in [-0.25, -0.2) is 14.2 Å². The molecule has 0 saturated carbocycles. The van der Waals surface area contributed by atoms with E-state index in [0.717, 1.165) is 17.5 Å². The van der Waals surface area contributed by atoms with Gasteiger partial charge in [-0.05, 0) is 66.8 Å². The average Bonchev–Trinajstić information content (AvgIpc) is 3.65. The molecule has 5 amide bonds. The lowest BCUT2D eigenvalue weighted by atomic mass is 9.81. The average molecular weight is 897 g/mol. The third-order valence-electron chi connectivity index (χ3n) is 12.1. The van der Waals surface area contributed by atoms with Gasteiger partial charge in [-0.1, -0.05) is 50.6 Å². The maximum atomic E-state index is 15.4. The second-order valence-corrected chi connectivity index (χ2v) is 17.0. The molecule has 2 aliphatic heterocycles. The molecule has 0 saturated heterocycles. The predicted molar refractivity (Wildman–Crippen MR) is 233 cm³/mol. The first-order valence-corrected chi connectivity index (χ1v) is 21.6. The van der Waals surface area contributed by atoms with E-state index in [2.05, 4.69) is 26.6 Å². The van der Waals surface area contributed by atoms with Crippen LogP contribution in [0.1, 0.15) is 84.5 Å². The van der Waals surface area contributed by atoms with Crippen LogP contribution in [0.2, 0.25) is 0 Å². The second-order valence-electron chi connectivity index (χ2n) is 17.0. The van der Waals surface area contributed by atoms with Gasteiger partial charge in [-0.15, -0.1) is 0 Å². The van der Waals surface area contributed by atoms with Crippen LogP contribution in [0.3, 0.4) is 0 Å². The van der Waals surface area contributed by atoms with E-state index >= 15 is 4.39 Å². The smallest absolute Gasteiger partial charge is 0.343 e. The lowest BCUT2D eigenvalue weighted by Gasteiger charge is -2.33. The zero-order chi connectivity index (χ0) is 46.6. The molecule has 8 N–H and O–H groups in total. The van der Waals surface area contributed by atoms with Crippen molar-refractivity contribution in [2.75, 3.05) is 33.0 Å². The minimum Gasteiger partial charge on any atom is -0.458 e. The van der Waals surface area contributed by atoms with Crippen molar-refractivity contribution in [1.82, 2.24) is 36.1 Å². The number of ether oxygens (including phenoxy) is 2. The Bertz CT molecular complexity index is 2620. The van der Waals surface area contributed by atoms with E-state index < -0.39 is 84.3 Å². The summed E-state index contributed by atoms with van der Waals surface area (Å²) in [5, 5.41) is 25.4. The van der Waals surface area contributed by atoms with E-state index in [9.17, 15) is 38.7 Å². The molecule has 2 aromatic heterocycles. The maximum Gasteiger partial charge on any atom is 0.343 e. The first-order valence-electron chi connectivity index (χ1n) is 21.6. The second kappa shape index (κ2) is 19.7. The van der Waals surface area contributed by atoms with Crippen LogP contribution in [0.25, 0.3) is 22.3 Å². The summed E-state index contributed by atoms with van der Waals surface area (Å²) in [6, 6.07) is 10.2. The van der Waals surface area contributed by atoms with E-state index in [4.69, 9.17) is 20.2 Å². The third-order valence-corrected chi connectivity index (χ3v) is 12.1. The molecule has 4 heterocycles. The Morgan fingerprint density at radius 2 is 1.75 bits per heavy atom. The van der Waals surface area contributed by atoms with Gasteiger partial charge in [0.25, 0.3) is 5.56 Å². The first-order chi connectivity index (χ1) is 31.1. The molecule has 65 heavy (non-hydrogen) atoms. The molecular formula is C46H53FN8O10. The number of carbonyl (C=O) groups excluding carboxylic acids is 6. The SMILES string of the molecule is Cc1c(F)cc2nc3c(c4c2c1CCC4NC(=O)COCNC(=O)CNC(=O)[C@@H](Cc1ccccc1)NC(=O)CNC(=O)CN)Cn1c-3cc2c(c1=O)COC(=O)[C@@]2(O)CCCC(C)C. The van der Waals surface area contributed by atoms with Gasteiger partial charge in [-0.2, -0.15) is 0 Å². The Kier molecular flexibility index (Phi) is 14.0. The number of hydrogen-bond donors (Lipinski definition) is 7. The lowest BCUT2D eigenvalue weighted by molar-refractivity contribution is -0.173. The zero-order valence-electron chi connectivity index (χ0n) is 36.4. The number of nitrogens with one attached hydrogen (secondary N) is 5. The fourth-order valence-corrected chi connectivity index (χ4v) is 8.79. The summed E-state index contributed by atoms with van der Waals surface area (Å²) < 4.78 is 27.8. The minimum atomic E-state index is -2.04. The fourth-order valence-electron chi connectivity index (χ4n) is 8.79. The van der Waals surface area contributed by atoms with Gasteiger partial charge < -0.3 is 51.5 Å². The van der Waals surface area contributed by atoms with Gasteiger partial charge >= 0.3 is 5.97 Å². The first kappa shape index (κ1) is 46.4. The van der Waals surface area contributed by atoms with E-state index in [1.54, 1.807) is 43.3 Å². The fraction of sp³-hybridized carbons (Fsp3) is 0.435. The van der Waals surface area contributed by atoms with Crippen LogP contribution in [0.5, 0.6) is 0 Å². The summed E-state index contributed by atoms with van der Waals surface area (Å²) >= 11 is 0. The maximum absolute atomic E-state index is 15.4. The molecule has 7 rings (SSSR count). The van der Waals surface area contributed by atoms with Crippen molar-refractivity contribution in [3.8, 4) is 11.4 Å². The van der Waals surface area contributed by atoms with Crippen molar-refractivity contribution >= 4 is 46.4 Å². The monoisotopic (exact) mass is 896 g/mol. The number of aromatic nitrogens is 2. The van der Waals surface area contributed by atoms with Crippen molar-refractivity contribution in [1.29, 1.82) is 0 Å². The molecular weight excluding hydrogens is 844 g/mol. The molecule has 4 aromatic rings. The number of nitrogens with two attached hydrogens (primary N) is 1. The van der Waals surface area contributed by atoms with Crippen molar-refractivity contribution in [3.63, 3.8) is 0 Å². The van der Waals surface area contributed by atoms with E-state index in [1.807, 2.05) is 13.8 Å². The number of benzene rings is 2. The lowest BCUT2D eigenvalue weighted by Crippen LogP contribution is -2.52. The van der Waals surface area contributed by atoms with Crippen LogP contribution < -0.4 is 37.9 Å². The quantitative estimate of drug-likeness (QED) is 0.0370. The molecule has 0 radical (unpaired) electrons. The summed E-state index contributed by atoms with van der Waals surface area (Å²) in [6.07, 6.45) is 2.24. The molecule has 344 valence electrons. The summed E-state index contributed by atoms with van der Waals surface area (Å²) in [5.41, 5.74) is 7.46. The van der Waals surface area contributed by atoms with Crippen LogP contribution >= 0.6 is 0 Å². The number of amides is 5. The summed E-state index contributed by atoms with van der Waals surface area (Å²) in [7, 11) is 0. The topological polar surface area (TPSA) is 262 Å². The van der Waals surface area contributed by atoms with E-state index in [-0.39, 0.29) is 50.4 Å². The molecule has 0 fully saturated rings. The van der Waals surface area contributed by atoms with Gasteiger partial charge in [0.1, 0.15) is 31.8 Å². The van der Waals surface area contributed by atoms with Gasteiger partial charge in [-0.3, -0.25) is 28.8 Å². The molecule has 0 bridgehead atoms. The number of pyridine rings is 2. The Morgan fingerprint density at radius 3 is 2.49 bits per heavy atom. The number of nitrogens with zero attached hydrogens (tertiary/aromatic N) is 2. The Morgan fingerprint density at radius 1 is 1.00 bits per heavy atom. The van der Waals surface area contributed by atoms with Gasteiger partial charge in [0, 0.05) is 29.0 Å². The normalized spacial score (nSPS) is 17.3. The van der Waals surface area contributed by atoms with Gasteiger partial charge in [0.05, 0.1) is 54.7 Å².